The van der Waals surface area contributed by atoms with E-state index < -0.39 is 10.0 Å². The second-order valence-electron chi connectivity index (χ2n) is 4.42. The molecular weight excluding hydrogens is 280 g/mol. The van der Waals surface area contributed by atoms with Crippen LogP contribution in [-0.4, -0.2) is 19.8 Å². The lowest BCUT2D eigenvalue weighted by Crippen LogP contribution is -2.27. The van der Waals surface area contributed by atoms with Gasteiger partial charge in [-0.15, -0.1) is 0 Å². The van der Waals surface area contributed by atoms with Crippen LogP contribution < -0.4 is 5.73 Å². The quantitative estimate of drug-likeness (QED) is 0.882. The van der Waals surface area contributed by atoms with E-state index in [9.17, 15) is 8.42 Å². The van der Waals surface area contributed by atoms with E-state index in [0.29, 0.717) is 17.8 Å². The van der Waals surface area contributed by atoms with Crippen molar-refractivity contribution in [3.63, 3.8) is 0 Å². The van der Waals surface area contributed by atoms with Crippen LogP contribution >= 0.6 is 11.3 Å². The van der Waals surface area contributed by atoms with Gasteiger partial charge in [-0.2, -0.15) is 15.6 Å². The maximum absolute atomic E-state index is 12.5. The molecule has 2 N–H and O–H groups in total. The summed E-state index contributed by atoms with van der Waals surface area (Å²) in [6.07, 6.45) is 0. The summed E-state index contributed by atoms with van der Waals surface area (Å²) in [4.78, 5) is 0.269. The Morgan fingerprint density at radius 3 is 2.68 bits per heavy atom. The number of aryl methyl sites for hydroxylation is 1. The van der Waals surface area contributed by atoms with Gasteiger partial charge in [0, 0.05) is 19.3 Å². The van der Waals surface area contributed by atoms with Gasteiger partial charge in [0.2, 0.25) is 10.0 Å². The number of nitrogens with zero attached hydrogens (tertiary/aromatic N) is 1. The first-order valence-corrected chi connectivity index (χ1v) is 8.13. The normalized spacial score (nSPS) is 11.9. The lowest BCUT2D eigenvalue weighted by atomic mass is 10.2. The van der Waals surface area contributed by atoms with Crippen molar-refractivity contribution >= 4 is 27.0 Å². The highest BCUT2D eigenvalue weighted by Gasteiger charge is 2.23. The molecule has 102 valence electrons. The number of thiophene rings is 1. The van der Waals surface area contributed by atoms with Gasteiger partial charge < -0.3 is 5.73 Å². The Hall–Kier alpha value is -1.37. The molecule has 1 heterocycles. The highest BCUT2D eigenvalue weighted by Crippen LogP contribution is 2.23. The number of hydrogen-bond acceptors (Lipinski definition) is 4. The first kappa shape index (κ1) is 14.0. The molecule has 2 rings (SSSR count). The molecule has 4 nitrogen and oxygen atoms in total. The van der Waals surface area contributed by atoms with Crippen molar-refractivity contribution in [2.45, 2.75) is 18.4 Å². The molecule has 0 aliphatic carbocycles. The average molecular weight is 296 g/mol. The van der Waals surface area contributed by atoms with Crippen molar-refractivity contribution in [2.75, 3.05) is 12.8 Å². The van der Waals surface area contributed by atoms with Gasteiger partial charge in [-0.1, -0.05) is 6.07 Å². The summed E-state index contributed by atoms with van der Waals surface area (Å²) in [7, 11) is -1.93. The van der Waals surface area contributed by atoms with Gasteiger partial charge >= 0.3 is 0 Å². The van der Waals surface area contributed by atoms with Crippen molar-refractivity contribution in [2.24, 2.45) is 0 Å². The Bertz CT molecular complexity index is 664. The van der Waals surface area contributed by atoms with Crippen LogP contribution in [0, 0.1) is 6.92 Å². The third kappa shape index (κ3) is 2.97. The lowest BCUT2D eigenvalue weighted by molar-refractivity contribution is 0.467. The Balaban J connectivity index is 2.33. The van der Waals surface area contributed by atoms with Crippen LogP contribution in [0.3, 0.4) is 0 Å². The molecule has 0 radical (unpaired) electrons. The molecule has 0 spiro atoms. The van der Waals surface area contributed by atoms with Gasteiger partial charge in [0.1, 0.15) is 0 Å². The molecule has 2 aromatic rings. The van der Waals surface area contributed by atoms with Crippen LogP contribution in [-0.2, 0) is 16.6 Å². The third-order valence-electron chi connectivity index (χ3n) is 2.89. The fourth-order valence-electron chi connectivity index (χ4n) is 1.79. The molecule has 0 aliphatic heterocycles. The second kappa shape index (κ2) is 5.32. The summed E-state index contributed by atoms with van der Waals surface area (Å²) in [5, 5.41) is 3.87. The fraction of sp³-hybridized carbons (Fsp3) is 0.231. The number of rotatable bonds is 4. The number of nitrogen functional groups attached to an aromatic ring is 1. The molecule has 0 saturated heterocycles. The van der Waals surface area contributed by atoms with E-state index in [0.717, 1.165) is 5.56 Å². The summed E-state index contributed by atoms with van der Waals surface area (Å²) < 4.78 is 26.4. The Morgan fingerprint density at radius 1 is 1.32 bits per heavy atom. The molecule has 0 bridgehead atoms. The van der Waals surface area contributed by atoms with Crippen LogP contribution in [0.25, 0.3) is 0 Å². The molecule has 19 heavy (non-hydrogen) atoms. The Kier molecular flexibility index (Phi) is 3.93. The van der Waals surface area contributed by atoms with Crippen molar-refractivity contribution in [3.05, 3.63) is 46.2 Å². The van der Waals surface area contributed by atoms with E-state index in [2.05, 4.69) is 0 Å². The van der Waals surface area contributed by atoms with Crippen LogP contribution in [0.15, 0.2) is 39.9 Å². The average Bonchev–Trinajstić information content (AvgIpc) is 2.85. The molecule has 1 aromatic heterocycles. The van der Waals surface area contributed by atoms with Crippen LogP contribution in [0.1, 0.15) is 11.1 Å². The van der Waals surface area contributed by atoms with Gasteiger partial charge in [0.25, 0.3) is 0 Å². The first-order chi connectivity index (χ1) is 8.91. The van der Waals surface area contributed by atoms with E-state index >= 15 is 0 Å². The summed E-state index contributed by atoms with van der Waals surface area (Å²) >= 11 is 1.55. The van der Waals surface area contributed by atoms with E-state index in [1.54, 1.807) is 37.4 Å². The summed E-state index contributed by atoms with van der Waals surface area (Å²) in [6.45, 7) is 2.13. The van der Waals surface area contributed by atoms with Crippen molar-refractivity contribution < 1.29 is 8.42 Å². The number of sulfonamides is 1. The van der Waals surface area contributed by atoms with Gasteiger partial charge in [0.15, 0.2) is 0 Å². The molecule has 0 saturated carbocycles. The molecule has 0 unspecified atom stereocenters. The zero-order valence-corrected chi connectivity index (χ0v) is 12.5. The van der Waals surface area contributed by atoms with E-state index in [1.165, 1.54) is 10.4 Å². The highest BCUT2D eigenvalue weighted by atomic mass is 32.2. The molecule has 0 atom stereocenters. The molecule has 0 aliphatic rings. The SMILES string of the molecule is Cc1ccc(N)cc1S(=O)(=O)N(C)Cc1ccsc1. The molecular formula is C13H16N2O2S2. The minimum Gasteiger partial charge on any atom is -0.399 e. The standard InChI is InChI=1S/C13H16N2O2S2/c1-10-3-4-12(14)7-13(10)19(16,17)15(2)8-11-5-6-18-9-11/h3-7,9H,8,14H2,1-2H3. The van der Waals surface area contributed by atoms with Gasteiger partial charge in [0.05, 0.1) is 4.90 Å². The predicted octanol–water partition coefficient (Wildman–Crippen LogP) is 2.46. The maximum Gasteiger partial charge on any atom is 0.243 e. The number of nitrogens with two attached hydrogens (primary N) is 1. The predicted molar refractivity (Wildman–Crippen MR) is 78.6 cm³/mol. The monoisotopic (exact) mass is 296 g/mol. The second-order valence-corrected chi connectivity index (χ2v) is 7.21. The van der Waals surface area contributed by atoms with Crippen LogP contribution in [0.5, 0.6) is 0 Å². The summed E-state index contributed by atoms with van der Waals surface area (Å²) in [6, 6.07) is 6.85. The molecule has 1 aromatic carbocycles. The maximum atomic E-state index is 12.5. The lowest BCUT2D eigenvalue weighted by Gasteiger charge is -2.18. The Morgan fingerprint density at radius 2 is 2.05 bits per heavy atom. The third-order valence-corrected chi connectivity index (χ3v) is 5.56. The number of hydrogen-bond donors (Lipinski definition) is 1. The molecule has 6 heteroatoms. The zero-order chi connectivity index (χ0) is 14.0. The number of anilines is 1. The largest absolute Gasteiger partial charge is 0.399 e. The molecule has 0 fully saturated rings. The smallest absolute Gasteiger partial charge is 0.243 e. The van der Waals surface area contributed by atoms with E-state index in [-0.39, 0.29) is 4.90 Å². The first-order valence-electron chi connectivity index (χ1n) is 5.75. The summed E-state index contributed by atoms with van der Waals surface area (Å²) in [5.74, 6) is 0. The number of benzene rings is 1. The summed E-state index contributed by atoms with van der Waals surface area (Å²) in [5.41, 5.74) is 7.82. The van der Waals surface area contributed by atoms with Crippen molar-refractivity contribution in [1.29, 1.82) is 0 Å². The Labute approximate surface area is 117 Å². The van der Waals surface area contributed by atoms with Gasteiger partial charge in [-0.25, -0.2) is 8.42 Å². The van der Waals surface area contributed by atoms with Crippen molar-refractivity contribution in [1.82, 2.24) is 4.31 Å². The highest BCUT2D eigenvalue weighted by molar-refractivity contribution is 7.89. The van der Waals surface area contributed by atoms with Crippen LogP contribution in [0.4, 0.5) is 5.69 Å². The van der Waals surface area contributed by atoms with Gasteiger partial charge in [-0.05, 0) is 47.0 Å². The zero-order valence-electron chi connectivity index (χ0n) is 10.8. The van der Waals surface area contributed by atoms with Crippen LogP contribution in [0.2, 0.25) is 0 Å². The van der Waals surface area contributed by atoms with Gasteiger partial charge in [-0.3, -0.25) is 0 Å². The van der Waals surface area contributed by atoms with E-state index in [4.69, 9.17) is 5.73 Å². The fourth-order valence-corrected chi connectivity index (χ4v) is 3.86. The van der Waals surface area contributed by atoms with E-state index in [1.807, 2.05) is 16.8 Å². The minimum atomic E-state index is -3.51. The molecule has 0 amide bonds. The minimum absolute atomic E-state index is 0.269. The van der Waals surface area contributed by atoms with Crippen molar-refractivity contribution in [3.8, 4) is 0 Å². The topological polar surface area (TPSA) is 63.4 Å².